The highest BCUT2D eigenvalue weighted by Crippen LogP contribution is 2.34. The Morgan fingerprint density at radius 1 is 1.14 bits per heavy atom. The van der Waals surface area contributed by atoms with Crippen molar-refractivity contribution in [1.82, 2.24) is 4.90 Å². The Balaban J connectivity index is 1.68. The molecule has 0 saturated carbocycles. The molecule has 3 rings (SSSR count). The molecule has 0 unspecified atom stereocenters. The van der Waals surface area contributed by atoms with Crippen LogP contribution in [0.5, 0.6) is 0 Å². The second-order valence-electron chi connectivity index (χ2n) is 5.45. The van der Waals surface area contributed by atoms with Crippen molar-refractivity contribution in [3.63, 3.8) is 0 Å². The normalized spacial score (nSPS) is 23.6. The maximum absolute atomic E-state index is 12.3. The quantitative estimate of drug-likeness (QED) is 0.472. The van der Waals surface area contributed by atoms with E-state index in [-0.39, 0.29) is 36.1 Å². The summed E-state index contributed by atoms with van der Waals surface area (Å²) in [6, 6.07) is 7.37. The minimum Gasteiger partial charge on any atom is -0.324 e. The van der Waals surface area contributed by atoms with Gasteiger partial charge in [-0.2, -0.15) is 0 Å². The number of carbonyl (C=O) groups is 3. The molecule has 6 heteroatoms. The predicted octanol–water partition coefficient (Wildman–Crippen LogP) is 2.18. The summed E-state index contributed by atoms with van der Waals surface area (Å²) in [5.74, 6) is -1.38. The van der Waals surface area contributed by atoms with Crippen molar-refractivity contribution in [2.45, 2.75) is 12.8 Å². The average molecular weight is 410 g/mol. The lowest BCUT2D eigenvalue weighted by Crippen LogP contribution is -2.38. The summed E-state index contributed by atoms with van der Waals surface area (Å²) in [5.41, 5.74) is 0.686. The van der Waals surface area contributed by atoms with Gasteiger partial charge in [-0.3, -0.25) is 19.3 Å². The highest BCUT2D eigenvalue weighted by atomic mass is 127. The summed E-state index contributed by atoms with van der Waals surface area (Å²) in [6.45, 7) is -0.213. The SMILES string of the molecule is O=C(CN1C(=O)[C@H]2CC=CC[C@H]2C1=O)Nc1ccccc1I. The Morgan fingerprint density at radius 2 is 1.73 bits per heavy atom. The molecule has 114 valence electrons. The van der Waals surface area contributed by atoms with Crippen LogP contribution in [-0.4, -0.2) is 29.2 Å². The van der Waals surface area contributed by atoms with Crippen LogP contribution in [-0.2, 0) is 14.4 Å². The first kappa shape index (κ1) is 15.2. The Bertz CT molecular complexity index is 645. The largest absolute Gasteiger partial charge is 0.324 e. The van der Waals surface area contributed by atoms with E-state index < -0.39 is 0 Å². The minimum atomic E-state index is -0.350. The molecular formula is C16H15IN2O3. The van der Waals surface area contributed by atoms with Crippen LogP contribution in [0.1, 0.15) is 12.8 Å². The molecule has 0 radical (unpaired) electrons. The van der Waals surface area contributed by atoms with Crippen LogP contribution in [0.3, 0.4) is 0 Å². The number of hydrogen-bond donors (Lipinski definition) is 1. The second-order valence-corrected chi connectivity index (χ2v) is 6.61. The zero-order valence-corrected chi connectivity index (χ0v) is 13.9. The smallest absolute Gasteiger partial charge is 0.244 e. The maximum atomic E-state index is 12.3. The number of anilines is 1. The molecule has 1 aromatic rings. The third-order valence-corrected chi connectivity index (χ3v) is 4.99. The molecule has 5 nitrogen and oxygen atoms in total. The second kappa shape index (κ2) is 6.20. The Hall–Kier alpha value is -1.70. The fraction of sp³-hybridized carbons (Fsp3) is 0.312. The minimum absolute atomic E-state index is 0.213. The summed E-state index contributed by atoms with van der Waals surface area (Å²) in [4.78, 5) is 37.8. The standard InChI is InChI=1S/C16H15IN2O3/c17-12-7-3-4-8-13(12)18-14(20)9-19-15(21)10-5-1-2-6-11(10)16(19)22/h1-4,7-8,10-11H,5-6,9H2,(H,18,20)/t10-,11+. The van der Waals surface area contributed by atoms with E-state index in [0.717, 1.165) is 8.47 Å². The van der Waals surface area contributed by atoms with Crippen molar-refractivity contribution >= 4 is 46.0 Å². The van der Waals surface area contributed by atoms with Crippen LogP contribution in [0.2, 0.25) is 0 Å². The predicted molar refractivity (Wildman–Crippen MR) is 89.9 cm³/mol. The molecule has 0 aromatic heterocycles. The van der Waals surface area contributed by atoms with Crippen molar-refractivity contribution in [3.8, 4) is 0 Å². The third-order valence-electron chi connectivity index (χ3n) is 4.05. The van der Waals surface area contributed by atoms with Gasteiger partial charge in [0.05, 0.1) is 17.5 Å². The molecule has 1 N–H and O–H groups in total. The average Bonchev–Trinajstić information content (AvgIpc) is 2.75. The zero-order chi connectivity index (χ0) is 15.7. The van der Waals surface area contributed by atoms with Gasteiger partial charge in [0.1, 0.15) is 6.54 Å². The van der Waals surface area contributed by atoms with Gasteiger partial charge in [-0.05, 0) is 47.6 Å². The summed E-state index contributed by atoms with van der Waals surface area (Å²) in [7, 11) is 0. The van der Waals surface area contributed by atoms with Gasteiger partial charge >= 0.3 is 0 Å². The van der Waals surface area contributed by atoms with Crippen LogP contribution in [0.4, 0.5) is 5.69 Å². The van der Waals surface area contributed by atoms with E-state index in [4.69, 9.17) is 0 Å². The molecule has 1 saturated heterocycles. The molecule has 3 amide bonds. The molecule has 2 atom stereocenters. The molecule has 1 fully saturated rings. The molecule has 1 aromatic carbocycles. The number of amides is 3. The number of fused-ring (bicyclic) bond motifs is 1. The number of halogens is 1. The Labute approximate surface area is 141 Å². The number of carbonyl (C=O) groups excluding carboxylic acids is 3. The van der Waals surface area contributed by atoms with Crippen molar-refractivity contribution in [1.29, 1.82) is 0 Å². The molecule has 0 bridgehead atoms. The van der Waals surface area contributed by atoms with E-state index >= 15 is 0 Å². The fourth-order valence-electron chi connectivity index (χ4n) is 2.92. The van der Waals surface area contributed by atoms with Crippen LogP contribution in [0.25, 0.3) is 0 Å². The number of allylic oxidation sites excluding steroid dienone is 2. The van der Waals surface area contributed by atoms with E-state index in [9.17, 15) is 14.4 Å². The van der Waals surface area contributed by atoms with Gasteiger partial charge in [0.2, 0.25) is 17.7 Å². The summed E-state index contributed by atoms with van der Waals surface area (Å²) >= 11 is 2.12. The van der Waals surface area contributed by atoms with Crippen LogP contribution < -0.4 is 5.32 Å². The third kappa shape index (κ3) is 2.79. The molecule has 1 aliphatic carbocycles. The van der Waals surface area contributed by atoms with Gasteiger partial charge in [0.15, 0.2) is 0 Å². The molecule has 22 heavy (non-hydrogen) atoms. The lowest BCUT2D eigenvalue weighted by Gasteiger charge is -2.15. The van der Waals surface area contributed by atoms with Crippen molar-refractivity contribution in [2.75, 3.05) is 11.9 Å². The summed E-state index contributed by atoms with van der Waals surface area (Å²) < 4.78 is 0.908. The van der Waals surface area contributed by atoms with Crippen molar-refractivity contribution in [2.24, 2.45) is 11.8 Å². The number of nitrogens with zero attached hydrogens (tertiary/aromatic N) is 1. The molecule has 0 spiro atoms. The summed E-state index contributed by atoms with van der Waals surface area (Å²) in [5, 5.41) is 2.75. The van der Waals surface area contributed by atoms with Gasteiger partial charge in [0, 0.05) is 3.57 Å². The molecule has 2 aliphatic rings. The van der Waals surface area contributed by atoms with E-state index in [2.05, 4.69) is 27.9 Å². The number of rotatable bonds is 3. The highest BCUT2D eigenvalue weighted by Gasteiger charge is 2.47. The first-order valence-electron chi connectivity index (χ1n) is 7.12. The zero-order valence-electron chi connectivity index (χ0n) is 11.8. The monoisotopic (exact) mass is 410 g/mol. The first-order chi connectivity index (χ1) is 10.6. The van der Waals surface area contributed by atoms with Gasteiger partial charge in [0.25, 0.3) is 0 Å². The Kier molecular flexibility index (Phi) is 4.28. The van der Waals surface area contributed by atoms with E-state index in [1.165, 1.54) is 0 Å². The highest BCUT2D eigenvalue weighted by molar-refractivity contribution is 14.1. The number of hydrogen-bond acceptors (Lipinski definition) is 3. The van der Waals surface area contributed by atoms with Crippen LogP contribution >= 0.6 is 22.6 Å². The number of likely N-dealkylation sites (tertiary alicyclic amines) is 1. The number of benzene rings is 1. The van der Waals surface area contributed by atoms with Crippen molar-refractivity contribution in [3.05, 3.63) is 40.0 Å². The molecule has 1 aliphatic heterocycles. The Morgan fingerprint density at radius 3 is 2.32 bits per heavy atom. The first-order valence-corrected chi connectivity index (χ1v) is 8.20. The maximum Gasteiger partial charge on any atom is 0.244 e. The van der Waals surface area contributed by atoms with Gasteiger partial charge in [-0.15, -0.1) is 0 Å². The number of imide groups is 1. The lowest BCUT2D eigenvalue weighted by molar-refractivity contribution is -0.142. The van der Waals surface area contributed by atoms with E-state index in [1.54, 1.807) is 6.07 Å². The lowest BCUT2D eigenvalue weighted by atomic mass is 9.85. The van der Waals surface area contributed by atoms with Crippen LogP contribution in [0, 0.1) is 15.4 Å². The fourth-order valence-corrected chi connectivity index (χ4v) is 3.44. The van der Waals surface area contributed by atoms with Gasteiger partial charge < -0.3 is 5.32 Å². The van der Waals surface area contributed by atoms with Crippen molar-refractivity contribution < 1.29 is 14.4 Å². The topological polar surface area (TPSA) is 66.5 Å². The summed E-state index contributed by atoms with van der Waals surface area (Å²) in [6.07, 6.45) is 5.04. The van der Waals surface area contributed by atoms with Gasteiger partial charge in [-0.1, -0.05) is 24.3 Å². The van der Waals surface area contributed by atoms with Crippen LogP contribution in [0.15, 0.2) is 36.4 Å². The van der Waals surface area contributed by atoms with Gasteiger partial charge in [-0.25, -0.2) is 0 Å². The van der Waals surface area contributed by atoms with E-state index in [0.29, 0.717) is 18.5 Å². The number of nitrogens with one attached hydrogen (secondary N) is 1. The molecule has 1 heterocycles. The molecular weight excluding hydrogens is 395 g/mol. The van der Waals surface area contributed by atoms with E-state index in [1.807, 2.05) is 30.4 Å². The number of para-hydroxylation sites is 1.